The highest BCUT2D eigenvalue weighted by Gasteiger charge is 2.21. The van der Waals surface area contributed by atoms with Crippen molar-refractivity contribution in [2.24, 2.45) is 13.0 Å². The summed E-state index contributed by atoms with van der Waals surface area (Å²) in [5.41, 5.74) is 0.407. The van der Waals surface area contributed by atoms with E-state index >= 15 is 0 Å². The maximum Gasteiger partial charge on any atom is 0.225 e. The third-order valence-corrected chi connectivity index (χ3v) is 2.91. The molecule has 0 saturated heterocycles. The van der Waals surface area contributed by atoms with Crippen LogP contribution in [0.1, 0.15) is 31.2 Å². The van der Waals surface area contributed by atoms with E-state index in [4.69, 9.17) is 5.26 Å². The fourth-order valence-electron chi connectivity index (χ4n) is 1.80. The Morgan fingerprint density at radius 1 is 1.75 bits per heavy atom. The van der Waals surface area contributed by atoms with Gasteiger partial charge in [0.2, 0.25) is 5.91 Å². The summed E-state index contributed by atoms with van der Waals surface area (Å²) in [6.07, 6.45) is 5.65. The average molecular weight is 218 g/mol. The molecule has 1 aliphatic rings. The first kappa shape index (κ1) is 10.7. The van der Waals surface area contributed by atoms with Gasteiger partial charge in [-0.15, -0.1) is 0 Å². The third kappa shape index (κ3) is 2.22. The van der Waals surface area contributed by atoms with Crippen LogP contribution in [0, 0.1) is 17.2 Å². The minimum absolute atomic E-state index is 0.0418. The van der Waals surface area contributed by atoms with Crippen LogP contribution in [-0.2, 0) is 11.8 Å². The lowest BCUT2D eigenvalue weighted by Crippen LogP contribution is -2.21. The van der Waals surface area contributed by atoms with E-state index in [0.717, 1.165) is 12.8 Å². The molecule has 0 bridgehead atoms. The van der Waals surface area contributed by atoms with Crippen LogP contribution in [0.4, 0.5) is 5.82 Å². The van der Waals surface area contributed by atoms with E-state index in [2.05, 4.69) is 10.4 Å². The molecule has 16 heavy (non-hydrogen) atoms. The summed E-state index contributed by atoms with van der Waals surface area (Å²) in [7, 11) is 1.72. The molecule has 0 unspecified atom stereocenters. The Morgan fingerprint density at radius 3 is 3.06 bits per heavy atom. The highest BCUT2D eigenvalue weighted by Crippen LogP contribution is 2.29. The summed E-state index contributed by atoms with van der Waals surface area (Å²) < 4.78 is 1.53. The summed E-state index contributed by atoms with van der Waals surface area (Å²) in [6.45, 7) is 0. The summed E-state index contributed by atoms with van der Waals surface area (Å²) in [5.74, 6) is 0.850. The fourth-order valence-corrected chi connectivity index (χ4v) is 1.80. The molecule has 0 spiro atoms. The second-order valence-electron chi connectivity index (χ2n) is 4.23. The fraction of sp³-hybridized carbons (Fsp3) is 0.545. The van der Waals surface area contributed by atoms with Gasteiger partial charge in [-0.2, -0.15) is 10.4 Å². The second kappa shape index (κ2) is 4.35. The summed E-state index contributed by atoms with van der Waals surface area (Å²) in [6, 6.07) is 2.00. The summed E-state index contributed by atoms with van der Waals surface area (Å²) in [5, 5.41) is 15.6. The molecule has 0 aliphatic heterocycles. The van der Waals surface area contributed by atoms with Crippen LogP contribution in [0.25, 0.3) is 0 Å². The van der Waals surface area contributed by atoms with Crippen molar-refractivity contribution in [3.8, 4) is 6.07 Å². The van der Waals surface area contributed by atoms with Gasteiger partial charge in [0.25, 0.3) is 0 Å². The summed E-state index contributed by atoms with van der Waals surface area (Å²) in [4.78, 5) is 11.6. The van der Waals surface area contributed by atoms with Crippen LogP contribution < -0.4 is 5.32 Å². The number of rotatable bonds is 3. The molecule has 2 rings (SSSR count). The number of aromatic nitrogens is 2. The van der Waals surface area contributed by atoms with Gasteiger partial charge in [-0.05, 0) is 18.8 Å². The molecule has 0 atom stereocenters. The zero-order chi connectivity index (χ0) is 11.5. The number of anilines is 1. The topological polar surface area (TPSA) is 70.7 Å². The number of aryl methyl sites for hydroxylation is 1. The number of nitrogens with zero attached hydrogens (tertiary/aromatic N) is 3. The highest BCUT2D eigenvalue weighted by molar-refractivity contribution is 5.91. The summed E-state index contributed by atoms with van der Waals surface area (Å²) >= 11 is 0. The molecule has 0 aromatic carbocycles. The van der Waals surface area contributed by atoms with Gasteiger partial charge in [0.05, 0.1) is 0 Å². The highest BCUT2D eigenvalue weighted by atomic mass is 16.1. The lowest BCUT2D eigenvalue weighted by molar-refractivity contribution is -0.117. The van der Waals surface area contributed by atoms with Gasteiger partial charge in [0, 0.05) is 19.7 Å². The van der Waals surface area contributed by atoms with E-state index in [9.17, 15) is 4.79 Å². The predicted molar refractivity (Wildman–Crippen MR) is 58.5 cm³/mol. The van der Waals surface area contributed by atoms with Crippen LogP contribution in [0.2, 0.25) is 0 Å². The molecule has 1 N–H and O–H groups in total. The molecule has 1 aromatic heterocycles. The van der Waals surface area contributed by atoms with Gasteiger partial charge in [0.15, 0.2) is 5.82 Å². The van der Waals surface area contributed by atoms with Crippen LogP contribution in [0.5, 0.6) is 0 Å². The monoisotopic (exact) mass is 218 g/mol. The largest absolute Gasteiger partial charge is 0.308 e. The van der Waals surface area contributed by atoms with Crippen molar-refractivity contribution in [2.45, 2.75) is 25.7 Å². The van der Waals surface area contributed by atoms with Crippen molar-refractivity contribution in [2.75, 3.05) is 5.32 Å². The first-order valence-electron chi connectivity index (χ1n) is 5.42. The Bertz CT molecular complexity index is 439. The van der Waals surface area contributed by atoms with E-state index in [1.807, 2.05) is 6.07 Å². The number of nitriles is 1. The Kier molecular flexibility index (Phi) is 2.91. The van der Waals surface area contributed by atoms with Crippen molar-refractivity contribution in [1.82, 2.24) is 9.78 Å². The first-order chi connectivity index (χ1) is 7.69. The van der Waals surface area contributed by atoms with Gasteiger partial charge in [-0.25, -0.2) is 0 Å². The minimum atomic E-state index is -0.0418. The zero-order valence-corrected chi connectivity index (χ0v) is 9.23. The van der Waals surface area contributed by atoms with Crippen molar-refractivity contribution in [1.29, 1.82) is 5.26 Å². The van der Waals surface area contributed by atoms with Crippen LogP contribution in [-0.4, -0.2) is 15.7 Å². The molecular formula is C11H14N4O. The van der Waals surface area contributed by atoms with Crippen LogP contribution in [0.15, 0.2) is 6.20 Å². The molecule has 0 radical (unpaired) electrons. The van der Waals surface area contributed by atoms with E-state index in [1.165, 1.54) is 11.1 Å². The van der Waals surface area contributed by atoms with Gasteiger partial charge >= 0.3 is 0 Å². The molecule has 84 valence electrons. The van der Waals surface area contributed by atoms with Gasteiger partial charge in [-0.1, -0.05) is 6.42 Å². The molecular weight excluding hydrogens is 204 g/mol. The van der Waals surface area contributed by atoms with E-state index in [1.54, 1.807) is 13.2 Å². The van der Waals surface area contributed by atoms with Gasteiger partial charge < -0.3 is 5.32 Å². The van der Waals surface area contributed by atoms with Crippen molar-refractivity contribution in [3.63, 3.8) is 0 Å². The van der Waals surface area contributed by atoms with Gasteiger partial charge in [-0.3, -0.25) is 9.48 Å². The van der Waals surface area contributed by atoms with Crippen molar-refractivity contribution >= 4 is 11.7 Å². The number of nitrogens with one attached hydrogen (secondary N) is 1. The quantitative estimate of drug-likeness (QED) is 0.834. The maximum atomic E-state index is 11.6. The Hall–Kier alpha value is -1.83. The Labute approximate surface area is 94.1 Å². The molecule has 1 saturated carbocycles. The zero-order valence-electron chi connectivity index (χ0n) is 9.23. The Morgan fingerprint density at radius 2 is 2.50 bits per heavy atom. The lowest BCUT2D eigenvalue weighted by atomic mass is 9.83. The average Bonchev–Trinajstić information content (AvgIpc) is 2.52. The van der Waals surface area contributed by atoms with Crippen LogP contribution >= 0.6 is 0 Å². The molecule has 1 amide bonds. The SMILES string of the molecule is Cn1cc(C#N)c(NC(=O)CC2CCC2)n1. The minimum Gasteiger partial charge on any atom is -0.308 e. The van der Waals surface area contributed by atoms with Crippen molar-refractivity contribution < 1.29 is 4.79 Å². The molecule has 1 aromatic rings. The molecule has 1 aliphatic carbocycles. The predicted octanol–water partition coefficient (Wildman–Crippen LogP) is 1.42. The maximum absolute atomic E-state index is 11.6. The molecule has 1 heterocycles. The molecule has 1 fully saturated rings. The number of hydrogen-bond acceptors (Lipinski definition) is 3. The molecule has 5 heteroatoms. The van der Waals surface area contributed by atoms with Crippen molar-refractivity contribution in [3.05, 3.63) is 11.8 Å². The molecule has 5 nitrogen and oxygen atoms in total. The first-order valence-corrected chi connectivity index (χ1v) is 5.42. The normalized spacial score (nSPS) is 15.2. The van der Waals surface area contributed by atoms with E-state index in [-0.39, 0.29) is 5.91 Å². The second-order valence-corrected chi connectivity index (χ2v) is 4.23. The number of hydrogen-bond donors (Lipinski definition) is 1. The Balaban J connectivity index is 1.97. The number of carbonyl (C=O) groups excluding carboxylic acids is 1. The third-order valence-electron chi connectivity index (χ3n) is 2.91. The van der Waals surface area contributed by atoms with E-state index in [0.29, 0.717) is 23.7 Å². The number of amides is 1. The van der Waals surface area contributed by atoms with Crippen LogP contribution in [0.3, 0.4) is 0 Å². The number of carbonyl (C=O) groups is 1. The van der Waals surface area contributed by atoms with E-state index < -0.39 is 0 Å². The smallest absolute Gasteiger partial charge is 0.225 e. The standard InChI is InChI=1S/C11H14N4O/c1-15-7-9(6-12)11(14-15)13-10(16)5-8-3-2-4-8/h7-8H,2-5H2,1H3,(H,13,14,16). The van der Waals surface area contributed by atoms with Gasteiger partial charge in [0.1, 0.15) is 11.6 Å². The lowest BCUT2D eigenvalue weighted by Gasteiger charge is -2.24.